The monoisotopic (exact) mass is 1560 g/mol. The van der Waals surface area contributed by atoms with Crippen molar-refractivity contribution in [3.05, 3.63) is 138 Å². The zero-order chi connectivity index (χ0) is 73.3. The summed E-state index contributed by atoms with van der Waals surface area (Å²) in [5.74, 6) is 1.01. The van der Waals surface area contributed by atoms with E-state index in [1.807, 2.05) is 108 Å². The highest BCUT2D eigenvalue weighted by Crippen LogP contribution is 2.52. The minimum absolute atomic E-state index is 0.0750. The summed E-state index contributed by atoms with van der Waals surface area (Å²) in [4.78, 5) is 11.8. The summed E-state index contributed by atoms with van der Waals surface area (Å²) < 4.78 is 22.6. The summed E-state index contributed by atoms with van der Waals surface area (Å²) in [6.45, 7) is 28.3. The summed E-state index contributed by atoms with van der Waals surface area (Å²) in [5.41, 5.74) is 9.72. The third kappa shape index (κ3) is 16.8. The van der Waals surface area contributed by atoms with E-state index < -0.39 is 18.3 Å². The van der Waals surface area contributed by atoms with E-state index in [0.29, 0.717) is 29.1 Å². The Balaban J connectivity index is 0.000000139. The number of benzene rings is 3. The van der Waals surface area contributed by atoms with E-state index in [1.165, 1.54) is 7.11 Å². The van der Waals surface area contributed by atoms with Crippen LogP contribution in [0.4, 0.5) is 17.1 Å². The molecule has 1 aliphatic heterocycles. The molecule has 4 fully saturated rings. The van der Waals surface area contributed by atoms with E-state index in [1.54, 1.807) is 57.0 Å². The summed E-state index contributed by atoms with van der Waals surface area (Å²) in [6, 6.07) is 35.2. The average molecular weight is 1560 g/mol. The smallest absolute Gasteiger partial charge is 0.469 e. The summed E-state index contributed by atoms with van der Waals surface area (Å²) in [6.07, 6.45) is 9.16. The Morgan fingerprint density at radius 3 is 1.39 bits per heavy atom. The Bertz CT molecular complexity index is 4710. The van der Waals surface area contributed by atoms with Crippen LogP contribution in [0, 0.1) is 40.4 Å². The van der Waals surface area contributed by atoms with Crippen molar-refractivity contribution in [2.45, 2.75) is 194 Å². The zero-order valence-corrected chi connectivity index (χ0v) is 65.8. The number of nitriles is 2. The number of nitrogens with one attached hydrogen (secondary N) is 3. The molecular weight excluding hydrogens is 1470 g/mol. The fourth-order valence-electron chi connectivity index (χ4n) is 13.1. The molecule has 27 heteroatoms. The molecule has 0 bridgehead atoms. The fourth-order valence-corrected chi connectivity index (χ4v) is 17.1. The molecular formula is C75H88BBr2N15O6S3. The molecule has 7 aromatic heterocycles. The number of rotatable bonds is 17. The molecule has 3 aliphatic carbocycles. The second kappa shape index (κ2) is 31.0. The maximum absolute atomic E-state index is 11.8. The van der Waals surface area contributed by atoms with Gasteiger partial charge in [0.15, 0.2) is 0 Å². The maximum atomic E-state index is 11.8. The van der Waals surface area contributed by atoms with Crippen LogP contribution >= 0.6 is 65.9 Å². The highest BCUT2D eigenvalue weighted by Gasteiger charge is 2.53. The average Bonchev–Trinajstić information content (AvgIpc) is 1.61. The van der Waals surface area contributed by atoms with Gasteiger partial charge in [0.05, 0.1) is 81.3 Å². The summed E-state index contributed by atoms with van der Waals surface area (Å²) in [5, 5.41) is 90.4. The molecule has 4 aliphatic rings. The van der Waals surface area contributed by atoms with Crippen LogP contribution in [-0.4, -0.2) is 121 Å². The minimum Gasteiger partial charge on any atom is -0.469 e. The summed E-state index contributed by atoms with van der Waals surface area (Å²) >= 11 is 11.9. The Morgan fingerprint density at radius 1 is 0.578 bits per heavy atom. The number of ether oxygens (including phenoxy) is 1. The molecule has 534 valence electrons. The maximum Gasteiger partial charge on any atom is 0.514 e. The lowest BCUT2D eigenvalue weighted by Gasteiger charge is -2.42. The Morgan fingerprint density at radius 2 is 0.990 bits per heavy atom. The van der Waals surface area contributed by atoms with Crippen LogP contribution in [0.5, 0.6) is 0 Å². The van der Waals surface area contributed by atoms with Crippen molar-refractivity contribution in [2.24, 2.45) is 17.8 Å². The van der Waals surface area contributed by atoms with Gasteiger partial charge in [0.25, 0.3) is 0 Å². The first-order valence-electron chi connectivity index (χ1n) is 34.5. The molecule has 10 aromatic rings. The van der Waals surface area contributed by atoms with Crippen molar-refractivity contribution in [2.75, 3.05) is 23.1 Å². The van der Waals surface area contributed by atoms with E-state index in [2.05, 4.69) is 179 Å². The first kappa shape index (κ1) is 75.6. The normalized spacial score (nSPS) is 19.6. The highest BCUT2D eigenvalue weighted by atomic mass is 79.9. The number of aromatic nitrogens is 10. The molecule has 102 heavy (non-hydrogen) atoms. The van der Waals surface area contributed by atoms with Gasteiger partial charge in [-0.3, -0.25) is 4.79 Å². The van der Waals surface area contributed by atoms with Gasteiger partial charge >= 0.3 is 13.1 Å². The van der Waals surface area contributed by atoms with Crippen LogP contribution in [0.2, 0.25) is 0 Å². The molecule has 14 rings (SSSR count). The predicted octanol–water partition coefficient (Wildman–Crippen LogP) is 16.5. The molecule has 0 amide bonds. The molecule has 1 saturated heterocycles. The Kier molecular flexibility index (Phi) is 23.0. The SMILES string of the molecule is CC(C)Nc1cc(-c2ccc3cc(C#N)cnn23)ccc1-c1nnc([C@@H]2CC[C@H]2C(C)(C)O)s1.CC(C)Nc1cc(Br)ccc1-c1nnc([C@@H]2CC[C@H]2C(C)(C)O)s1.CC1(C)OB(c2ccc3cc(C#N)cnn23)OC1(C)C.COC(=O)[C@@H]1CC[C@H]1c1nnc(-c2ccc(Br)cc2NC(C)C)s1. The van der Waals surface area contributed by atoms with Gasteiger partial charge in [0, 0.05) is 84.1 Å². The Hall–Kier alpha value is -7.57. The van der Waals surface area contributed by atoms with Gasteiger partial charge in [0.2, 0.25) is 0 Å². The Labute approximate surface area is 625 Å². The van der Waals surface area contributed by atoms with Crippen molar-refractivity contribution < 1.29 is 29.1 Å². The number of halogens is 2. The quantitative estimate of drug-likeness (QED) is 0.0418. The number of nitrogens with zero attached hydrogens (tertiary/aromatic N) is 12. The van der Waals surface area contributed by atoms with E-state index in [-0.39, 0.29) is 52.8 Å². The van der Waals surface area contributed by atoms with Gasteiger partial charge < -0.3 is 40.2 Å². The van der Waals surface area contributed by atoms with Gasteiger partial charge in [-0.15, -0.1) is 30.6 Å². The van der Waals surface area contributed by atoms with Crippen LogP contribution in [-0.2, 0) is 18.8 Å². The molecule has 8 heterocycles. The van der Waals surface area contributed by atoms with Gasteiger partial charge in [-0.1, -0.05) is 71.9 Å². The number of methoxy groups -OCH3 is 1. The molecule has 0 spiro atoms. The van der Waals surface area contributed by atoms with Gasteiger partial charge in [-0.05, 0) is 232 Å². The number of carbonyl (C=O) groups excluding carboxylic acids is 1. The summed E-state index contributed by atoms with van der Waals surface area (Å²) in [7, 11) is 0.984. The van der Waals surface area contributed by atoms with Crippen molar-refractivity contribution in [1.29, 1.82) is 10.5 Å². The minimum atomic E-state index is -0.706. The second-order valence-corrected chi connectivity index (χ2v) is 34.4. The van der Waals surface area contributed by atoms with Crippen LogP contribution in [0.15, 0.2) is 112 Å². The van der Waals surface area contributed by atoms with E-state index in [0.717, 1.165) is 139 Å². The third-order valence-corrected chi connectivity index (χ3v) is 23.8. The first-order chi connectivity index (χ1) is 48.3. The fraction of sp³-hybridized carbons (Fsp3) is 0.453. The van der Waals surface area contributed by atoms with Gasteiger partial charge in [-0.25, -0.2) is 9.03 Å². The number of aliphatic hydroxyl groups is 2. The topological polar surface area (TPSA) is 281 Å². The van der Waals surface area contributed by atoms with Crippen LogP contribution in [0.25, 0.3) is 54.0 Å². The van der Waals surface area contributed by atoms with Crippen LogP contribution in [0.3, 0.4) is 0 Å². The van der Waals surface area contributed by atoms with Crippen LogP contribution < -0.4 is 21.5 Å². The highest BCUT2D eigenvalue weighted by molar-refractivity contribution is 9.10. The van der Waals surface area contributed by atoms with Crippen molar-refractivity contribution in [3.63, 3.8) is 0 Å². The second-order valence-electron chi connectivity index (χ2n) is 29.5. The number of carbonyl (C=O) groups is 1. The number of hydrogen-bond donors (Lipinski definition) is 5. The number of anilines is 3. The van der Waals surface area contributed by atoms with Crippen molar-refractivity contribution in [3.8, 4) is 55.1 Å². The molecule has 0 unspecified atom stereocenters. The van der Waals surface area contributed by atoms with E-state index >= 15 is 0 Å². The standard InChI is InChI=1S/C26H28N6OS.C18H24BrN3OS.C17H20BrN3O2S.C14H16BN3O2/c1-15(2)29-22-12-17(23-10-6-18-11-16(13-27)14-28-32(18)23)5-7-20(22)25-31-30-24(34-25)19-8-9-21(19)26(3,4)33;1-10(2)20-15-9-11(19)5-6-13(15)17-22-21-16(24-17)12-7-8-14(12)18(3,4)23;1-9(2)19-14-8-10(18)4-5-13(14)16-21-20-15(24-16)11-6-7-12(11)17(22)23-3;1-13(2)14(3,4)20-15(19-13)12-6-5-11-7-10(8-16)9-17-18(11)12/h5-7,10-12,14-15,19,21,29,33H,8-9H2,1-4H3;5-6,9-10,12,14,20,23H,7-8H2,1-4H3;4-5,8-9,11-12,19H,6-7H2,1-3H3;5-7,9H,1-4H3/t19-,21-;12-,14-;11-,12-;/m111./s1. The van der Waals surface area contributed by atoms with Crippen molar-refractivity contribution in [1.82, 2.24) is 49.8 Å². The lowest BCUT2D eigenvalue weighted by Crippen LogP contribution is -2.41. The third-order valence-electron chi connectivity index (χ3n) is 19.5. The largest absolute Gasteiger partial charge is 0.514 e. The van der Waals surface area contributed by atoms with E-state index in [9.17, 15) is 15.0 Å². The van der Waals surface area contributed by atoms with Gasteiger partial charge in [0.1, 0.15) is 42.2 Å². The van der Waals surface area contributed by atoms with Crippen LogP contribution in [0.1, 0.15) is 179 Å². The molecule has 3 aromatic carbocycles. The lowest BCUT2D eigenvalue weighted by molar-refractivity contribution is -0.149. The zero-order valence-electron chi connectivity index (χ0n) is 60.2. The predicted molar refractivity (Wildman–Crippen MR) is 413 cm³/mol. The number of fused-ring (bicyclic) bond motifs is 2. The molecule has 5 N–H and O–H groups in total. The molecule has 0 radical (unpaired) electrons. The van der Waals surface area contributed by atoms with Crippen molar-refractivity contribution >= 4 is 113 Å². The number of hydrogen-bond acceptors (Lipinski definition) is 22. The molecule has 6 atom stereocenters. The lowest BCUT2D eigenvalue weighted by atomic mass is 9.66. The first-order valence-corrected chi connectivity index (χ1v) is 38.5. The number of esters is 1. The van der Waals surface area contributed by atoms with E-state index in [4.69, 9.17) is 24.6 Å². The van der Waals surface area contributed by atoms with Gasteiger partial charge in [-0.2, -0.15) is 20.7 Å². The molecule has 3 saturated carbocycles. The molecule has 21 nitrogen and oxygen atoms in total.